The molecule has 0 fully saturated rings. The largest absolute Gasteiger partial charge is 0.309 e. The van der Waals surface area contributed by atoms with Crippen molar-refractivity contribution in [3.8, 4) is 16.8 Å². The zero-order chi connectivity index (χ0) is 32.3. The van der Waals surface area contributed by atoms with Crippen LogP contribution in [0.4, 0.5) is 17.1 Å². The van der Waals surface area contributed by atoms with Crippen LogP contribution in [-0.4, -0.2) is 4.57 Å². The molecule has 0 unspecified atom stereocenters. The molecule has 49 heavy (non-hydrogen) atoms. The molecule has 2 nitrogen and oxygen atoms in total. The molecule has 0 aliphatic heterocycles. The van der Waals surface area contributed by atoms with Crippen molar-refractivity contribution in [3.63, 3.8) is 0 Å². The van der Waals surface area contributed by atoms with Crippen molar-refractivity contribution in [1.29, 1.82) is 0 Å². The second-order valence-electron chi connectivity index (χ2n) is 12.5. The van der Waals surface area contributed by atoms with Gasteiger partial charge in [-0.15, -0.1) is 11.3 Å². The molecule has 230 valence electrons. The standard InChI is InChI=1S/C46H30N2S/c1-3-15-31(16-4-1)33-29-30-40(35-20-8-7-19-34(33)35)48(43-27-13-23-37-36-21-10-12-28-44(36)49-46(37)43)42-26-14-25-41-45(42)38-22-9-11-24-39(38)47(41)32-17-5-2-6-18-32/h1-30H. The molecule has 10 rings (SSSR count). The third kappa shape index (κ3) is 4.33. The Hall–Kier alpha value is -6.16. The van der Waals surface area contributed by atoms with E-state index < -0.39 is 0 Å². The Morgan fingerprint density at radius 1 is 0.388 bits per heavy atom. The number of thiophene rings is 1. The fourth-order valence-electron chi connectivity index (χ4n) is 7.69. The molecule has 10 aromatic rings. The average molecular weight is 643 g/mol. The first-order chi connectivity index (χ1) is 24.3. The van der Waals surface area contributed by atoms with Gasteiger partial charge in [-0.05, 0) is 65.0 Å². The van der Waals surface area contributed by atoms with Crippen molar-refractivity contribution < 1.29 is 0 Å². The molecule has 3 heteroatoms. The highest BCUT2D eigenvalue weighted by Gasteiger charge is 2.25. The van der Waals surface area contributed by atoms with Crippen LogP contribution in [0.25, 0.3) is 69.6 Å². The van der Waals surface area contributed by atoms with E-state index in [9.17, 15) is 0 Å². The van der Waals surface area contributed by atoms with E-state index in [2.05, 4.69) is 191 Å². The molecule has 8 aromatic carbocycles. The number of benzene rings is 8. The van der Waals surface area contributed by atoms with Crippen molar-refractivity contribution in [2.45, 2.75) is 0 Å². The maximum absolute atomic E-state index is 2.53. The fourth-order valence-corrected chi connectivity index (χ4v) is 8.89. The molecule has 2 aromatic heterocycles. The van der Waals surface area contributed by atoms with Crippen LogP contribution in [0.15, 0.2) is 182 Å². The number of fused-ring (bicyclic) bond motifs is 7. The molecule has 0 saturated carbocycles. The summed E-state index contributed by atoms with van der Waals surface area (Å²) in [5.74, 6) is 0. The molecule has 0 radical (unpaired) electrons. The summed E-state index contributed by atoms with van der Waals surface area (Å²) in [6, 6.07) is 66.1. The molecule has 0 bridgehead atoms. The Bertz CT molecular complexity index is 2830. The van der Waals surface area contributed by atoms with Crippen LogP contribution < -0.4 is 4.90 Å². The predicted molar refractivity (Wildman–Crippen MR) is 211 cm³/mol. The molecule has 2 heterocycles. The van der Waals surface area contributed by atoms with Gasteiger partial charge in [-0.25, -0.2) is 0 Å². The first kappa shape index (κ1) is 27.9. The number of anilines is 3. The van der Waals surface area contributed by atoms with Gasteiger partial charge in [0.2, 0.25) is 0 Å². The van der Waals surface area contributed by atoms with Crippen LogP contribution in [0.1, 0.15) is 0 Å². The smallest absolute Gasteiger partial charge is 0.0640 e. The summed E-state index contributed by atoms with van der Waals surface area (Å²) in [4.78, 5) is 2.53. The van der Waals surface area contributed by atoms with E-state index in [4.69, 9.17) is 0 Å². The first-order valence-electron chi connectivity index (χ1n) is 16.7. The third-order valence-electron chi connectivity index (χ3n) is 9.78. The van der Waals surface area contributed by atoms with Gasteiger partial charge in [-0.1, -0.05) is 133 Å². The highest BCUT2D eigenvalue weighted by molar-refractivity contribution is 7.26. The molecule has 0 spiro atoms. The summed E-state index contributed by atoms with van der Waals surface area (Å²) in [7, 11) is 0. The minimum Gasteiger partial charge on any atom is -0.309 e. The summed E-state index contributed by atoms with van der Waals surface area (Å²) in [5.41, 5.74) is 9.48. The number of para-hydroxylation sites is 2. The summed E-state index contributed by atoms with van der Waals surface area (Å²) in [6.45, 7) is 0. The second-order valence-corrected chi connectivity index (χ2v) is 13.5. The van der Waals surface area contributed by atoms with Crippen LogP contribution >= 0.6 is 11.3 Å². The number of hydrogen-bond acceptors (Lipinski definition) is 2. The van der Waals surface area contributed by atoms with Gasteiger partial charge in [-0.3, -0.25) is 0 Å². The Balaban J connectivity index is 1.34. The zero-order valence-corrected chi connectivity index (χ0v) is 27.4. The van der Waals surface area contributed by atoms with Gasteiger partial charge in [0.1, 0.15) is 0 Å². The van der Waals surface area contributed by atoms with Crippen molar-refractivity contribution >= 4 is 81.1 Å². The average Bonchev–Trinajstić information content (AvgIpc) is 3.73. The summed E-state index contributed by atoms with van der Waals surface area (Å²) >= 11 is 1.88. The maximum Gasteiger partial charge on any atom is 0.0640 e. The number of aromatic nitrogens is 1. The van der Waals surface area contributed by atoms with E-state index in [0.29, 0.717) is 0 Å². The Labute approximate surface area is 288 Å². The van der Waals surface area contributed by atoms with Gasteiger partial charge in [-0.2, -0.15) is 0 Å². The molecule has 0 aliphatic rings. The molecule has 0 saturated heterocycles. The lowest BCUT2D eigenvalue weighted by molar-refractivity contribution is 1.18. The topological polar surface area (TPSA) is 8.17 Å². The van der Waals surface area contributed by atoms with E-state index in [-0.39, 0.29) is 0 Å². The van der Waals surface area contributed by atoms with E-state index in [1.807, 2.05) is 11.3 Å². The lowest BCUT2D eigenvalue weighted by Crippen LogP contribution is -2.11. The Morgan fingerprint density at radius 3 is 1.84 bits per heavy atom. The molecular formula is C46H30N2S. The summed E-state index contributed by atoms with van der Waals surface area (Å²) in [5, 5.41) is 7.50. The molecular weight excluding hydrogens is 613 g/mol. The third-order valence-corrected chi connectivity index (χ3v) is 11.0. The highest BCUT2D eigenvalue weighted by atomic mass is 32.1. The molecule has 0 amide bonds. The highest BCUT2D eigenvalue weighted by Crippen LogP contribution is 2.50. The van der Waals surface area contributed by atoms with Gasteiger partial charge < -0.3 is 9.47 Å². The van der Waals surface area contributed by atoms with Crippen molar-refractivity contribution in [3.05, 3.63) is 182 Å². The lowest BCUT2D eigenvalue weighted by atomic mass is 9.96. The van der Waals surface area contributed by atoms with Gasteiger partial charge in [0.15, 0.2) is 0 Å². The SMILES string of the molecule is c1ccc(-c2ccc(N(c3cccc4c3sc3ccccc34)c3cccc4c3c3ccccc3n4-c3ccccc3)c3ccccc23)cc1. The Morgan fingerprint density at radius 2 is 1.00 bits per heavy atom. The molecule has 0 aliphatic carbocycles. The summed E-state index contributed by atoms with van der Waals surface area (Å²) in [6.07, 6.45) is 0. The van der Waals surface area contributed by atoms with Crippen LogP contribution in [0.5, 0.6) is 0 Å². The first-order valence-corrected chi connectivity index (χ1v) is 17.5. The maximum atomic E-state index is 2.53. The number of nitrogens with zero attached hydrogens (tertiary/aromatic N) is 2. The van der Waals surface area contributed by atoms with Crippen LogP contribution in [0.3, 0.4) is 0 Å². The zero-order valence-electron chi connectivity index (χ0n) is 26.6. The minimum atomic E-state index is 1.15. The van der Waals surface area contributed by atoms with E-state index in [0.717, 1.165) is 17.1 Å². The normalized spacial score (nSPS) is 11.7. The van der Waals surface area contributed by atoms with E-state index in [1.165, 1.54) is 69.6 Å². The van der Waals surface area contributed by atoms with Crippen LogP contribution in [0.2, 0.25) is 0 Å². The van der Waals surface area contributed by atoms with Crippen molar-refractivity contribution in [2.24, 2.45) is 0 Å². The fraction of sp³-hybridized carbons (Fsp3) is 0. The van der Waals surface area contributed by atoms with Crippen molar-refractivity contribution in [2.75, 3.05) is 4.90 Å². The van der Waals surface area contributed by atoms with Crippen molar-refractivity contribution in [1.82, 2.24) is 4.57 Å². The monoisotopic (exact) mass is 642 g/mol. The second kappa shape index (κ2) is 11.2. The van der Waals surface area contributed by atoms with Crippen LogP contribution in [-0.2, 0) is 0 Å². The van der Waals surface area contributed by atoms with E-state index >= 15 is 0 Å². The number of hydrogen-bond donors (Lipinski definition) is 0. The van der Waals surface area contributed by atoms with Gasteiger partial charge in [0, 0.05) is 37.3 Å². The van der Waals surface area contributed by atoms with Gasteiger partial charge >= 0.3 is 0 Å². The molecule has 0 N–H and O–H groups in total. The minimum absolute atomic E-state index is 1.15. The quantitative estimate of drug-likeness (QED) is 0.181. The lowest BCUT2D eigenvalue weighted by Gasteiger charge is -2.29. The summed E-state index contributed by atoms with van der Waals surface area (Å²) < 4.78 is 4.99. The van der Waals surface area contributed by atoms with Crippen LogP contribution in [0, 0.1) is 0 Å². The Kier molecular flexibility index (Phi) is 6.39. The predicted octanol–water partition coefficient (Wildman–Crippen LogP) is 13.4. The number of rotatable bonds is 5. The van der Waals surface area contributed by atoms with E-state index in [1.54, 1.807) is 0 Å². The van der Waals surface area contributed by atoms with Gasteiger partial charge in [0.05, 0.1) is 32.8 Å². The van der Waals surface area contributed by atoms with Gasteiger partial charge in [0.25, 0.3) is 0 Å². The molecule has 0 atom stereocenters.